The number of hydrogen-bond acceptors (Lipinski definition) is 3. The smallest absolute Gasteiger partial charge is 0.226 e. The minimum absolute atomic E-state index is 0.125. The molecule has 2 N–H and O–H groups in total. The van der Waals surface area contributed by atoms with Gasteiger partial charge >= 0.3 is 0 Å². The molecule has 1 amide bonds. The molecule has 0 aliphatic carbocycles. The summed E-state index contributed by atoms with van der Waals surface area (Å²) in [4.78, 5) is 15.1. The van der Waals surface area contributed by atoms with E-state index in [0.717, 1.165) is 51.9 Å². The first-order valence-electron chi connectivity index (χ1n) is 8.67. The third-order valence-electron chi connectivity index (χ3n) is 4.75. The first kappa shape index (κ1) is 18.4. The summed E-state index contributed by atoms with van der Waals surface area (Å²) in [5.74, 6) is 0.276. The van der Waals surface area contributed by atoms with Crippen molar-refractivity contribution in [2.45, 2.75) is 72.4 Å². The maximum absolute atomic E-state index is 12.7. The summed E-state index contributed by atoms with van der Waals surface area (Å²) >= 11 is 0. The van der Waals surface area contributed by atoms with Gasteiger partial charge < -0.3 is 10.6 Å². The molecule has 0 saturated carbocycles. The maximum atomic E-state index is 12.7. The minimum Gasteiger partial charge on any atom is -0.354 e. The summed E-state index contributed by atoms with van der Waals surface area (Å²) < 4.78 is 0. The van der Waals surface area contributed by atoms with Gasteiger partial charge in [-0.25, -0.2) is 0 Å². The molecule has 0 spiro atoms. The van der Waals surface area contributed by atoms with Crippen molar-refractivity contribution < 1.29 is 4.79 Å². The molecule has 0 aromatic heterocycles. The summed E-state index contributed by atoms with van der Waals surface area (Å²) in [7, 11) is 0. The van der Waals surface area contributed by atoms with Gasteiger partial charge in [0.2, 0.25) is 5.91 Å². The van der Waals surface area contributed by atoms with E-state index in [9.17, 15) is 4.79 Å². The van der Waals surface area contributed by atoms with Gasteiger partial charge in [0.25, 0.3) is 0 Å². The van der Waals surface area contributed by atoms with Crippen molar-refractivity contribution >= 4 is 5.91 Å². The zero-order valence-corrected chi connectivity index (χ0v) is 14.7. The maximum Gasteiger partial charge on any atom is 0.226 e. The van der Waals surface area contributed by atoms with Crippen molar-refractivity contribution in [2.24, 2.45) is 5.41 Å². The number of piperidine rings is 1. The fraction of sp³-hybridized carbons (Fsp3) is 0.941. The molecule has 0 aromatic rings. The van der Waals surface area contributed by atoms with Crippen molar-refractivity contribution in [1.29, 1.82) is 0 Å². The van der Waals surface area contributed by atoms with Crippen LogP contribution in [0.3, 0.4) is 0 Å². The second kappa shape index (κ2) is 8.74. The number of carbonyl (C=O) groups excluding carboxylic acids is 1. The molecule has 0 atom stereocenters. The Morgan fingerprint density at radius 3 is 2.24 bits per heavy atom. The van der Waals surface area contributed by atoms with Crippen LogP contribution in [0.1, 0.15) is 60.3 Å². The molecule has 1 rings (SSSR count). The highest BCUT2D eigenvalue weighted by atomic mass is 16.2. The Labute approximate surface area is 131 Å². The highest BCUT2D eigenvalue weighted by molar-refractivity contribution is 5.82. The highest BCUT2D eigenvalue weighted by Gasteiger charge is 2.38. The number of nitrogens with zero attached hydrogens (tertiary/aromatic N) is 1. The zero-order valence-electron chi connectivity index (χ0n) is 14.7. The largest absolute Gasteiger partial charge is 0.354 e. The molecule has 4 heteroatoms. The molecule has 0 unspecified atom stereocenters. The van der Waals surface area contributed by atoms with Crippen LogP contribution in [0, 0.1) is 5.41 Å². The van der Waals surface area contributed by atoms with Gasteiger partial charge in [-0.15, -0.1) is 0 Å². The van der Waals surface area contributed by atoms with E-state index < -0.39 is 0 Å². The van der Waals surface area contributed by atoms with E-state index in [1.54, 1.807) is 0 Å². The van der Waals surface area contributed by atoms with Crippen LogP contribution in [-0.4, -0.2) is 49.1 Å². The van der Waals surface area contributed by atoms with Gasteiger partial charge in [0.05, 0.1) is 5.41 Å². The summed E-state index contributed by atoms with van der Waals surface area (Å²) in [5.41, 5.74) is -0.125. The van der Waals surface area contributed by atoms with Crippen molar-refractivity contribution in [3.05, 3.63) is 0 Å². The van der Waals surface area contributed by atoms with Gasteiger partial charge in [-0.05, 0) is 60.0 Å². The van der Waals surface area contributed by atoms with Crippen LogP contribution in [0.4, 0.5) is 0 Å². The Bertz CT molecular complexity index is 296. The fourth-order valence-corrected chi connectivity index (χ4v) is 3.57. The zero-order chi connectivity index (χ0) is 15.9. The lowest BCUT2D eigenvalue weighted by atomic mass is 9.74. The summed E-state index contributed by atoms with van der Waals surface area (Å²) in [6.45, 7) is 14.7. The Balaban J connectivity index is 2.50. The summed E-state index contributed by atoms with van der Waals surface area (Å²) in [6, 6.07) is 1.04. The normalized spacial score (nSPS) is 18.5. The number of nitrogens with one attached hydrogen (secondary N) is 2. The van der Waals surface area contributed by atoms with Crippen molar-refractivity contribution in [2.75, 3.05) is 26.2 Å². The van der Waals surface area contributed by atoms with E-state index in [1.807, 2.05) is 0 Å². The average Bonchev–Trinajstić information content (AvgIpc) is 2.43. The molecule has 1 aliphatic heterocycles. The topological polar surface area (TPSA) is 44.4 Å². The molecule has 124 valence electrons. The van der Waals surface area contributed by atoms with Crippen LogP contribution in [0.15, 0.2) is 0 Å². The van der Waals surface area contributed by atoms with Crippen LogP contribution in [0.5, 0.6) is 0 Å². The van der Waals surface area contributed by atoms with Crippen molar-refractivity contribution in [1.82, 2.24) is 15.5 Å². The molecule has 1 saturated heterocycles. The fourth-order valence-electron chi connectivity index (χ4n) is 3.57. The molecule has 21 heavy (non-hydrogen) atoms. The molecule has 0 radical (unpaired) electrons. The standard InChI is InChI=1S/C17H35N3O/c1-6-7-17(8-10-18-11-9-17)16(21)19-12-13-20(14(2)3)15(4)5/h14-15,18H,6-13H2,1-5H3,(H,19,21). The van der Waals surface area contributed by atoms with Gasteiger partial charge in [-0.2, -0.15) is 0 Å². The van der Waals surface area contributed by atoms with E-state index in [2.05, 4.69) is 50.2 Å². The predicted octanol–water partition coefficient (Wildman–Crippen LogP) is 2.39. The van der Waals surface area contributed by atoms with Gasteiger partial charge in [0.1, 0.15) is 0 Å². The van der Waals surface area contributed by atoms with Crippen LogP contribution in [0.25, 0.3) is 0 Å². The van der Waals surface area contributed by atoms with Crippen molar-refractivity contribution in [3.8, 4) is 0 Å². The average molecular weight is 297 g/mol. The summed E-state index contributed by atoms with van der Waals surface area (Å²) in [5, 5.41) is 6.58. The number of hydrogen-bond donors (Lipinski definition) is 2. The number of rotatable bonds is 8. The van der Waals surface area contributed by atoms with E-state index in [4.69, 9.17) is 0 Å². The van der Waals surface area contributed by atoms with E-state index >= 15 is 0 Å². The first-order chi connectivity index (χ1) is 9.93. The van der Waals surface area contributed by atoms with Gasteiger partial charge in [0.15, 0.2) is 0 Å². The third-order valence-corrected chi connectivity index (χ3v) is 4.75. The number of carbonyl (C=O) groups is 1. The van der Waals surface area contributed by atoms with E-state index in [-0.39, 0.29) is 11.3 Å². The third kappa shape index (κ3) is 5.26. The molecular weight excluding hydrogens is 262 g/mol. The highest BCUT2D eigenvalue weighted by Crippen LogP contribution is 2.34. The molecule has 1 fully saturated rings. The quantitative estimate of drug-likeness (QED) is 0.723. The van der Waals surface area contributed by atoms with Gasteiger partial charge in [-0.1, -0.05) is 13.3 Å². The Hall–Kier alpha value is -0.610. The van der Waals surface area contributed by atoms with Crippen LogP contribution in [0.2, 0.25) is 0 Å². The Morgan fingerprint density at radius 1 is 1.19 bits per heavy atom. The van der Waals surface area contributed by atoms with Gasteiger partial charge in [-0.3, -0.25) is 9.69 Å². The van der Waals surface area contributed by atoms with Crippen molar-refractivity contribution in [3.63, 3.8) is 0 Å². The van der Waals surface area contributed by atoms with E-state index in [1.165, 1.54) is 0 Å². The SMILES string of the molecule is CCCC1(C(=O)NCCN(C(C)C)C(C)C)CCNCC1. The number of amides is 1. The van der Waals surface area contributed by atoms with Crippen LogP contribution in [-0.2, 0) is 4.79 Å². The molecule has 0 aromatic carbocycles. The first-order valence-corrected chi connectivity index (χ1v) is 8.67. The lowest BCUT2D eigenvalue weighted by Gasteiger charge is -2.37. The minimum atomic E-state index is -0.125. The lowest BCUT2D eigenvalue weighted by Crippen LogP contribution is -2.50. The lowest BCUT2D eigenvalue weighted by molar-refractivity contribution is -0.133. The monoisotopic (exact) mass is 297 g/mol. The second-order valence-electron chi connectivity index (χ2n) is 6.96. The van der Waals surface area contributed by atoms with Crippen LogP contribution >= 0.6 is 0 Å². The molecule has 0 bridgehead atoms. The van der Waals surface area contributed by atoms with Gasteiger partial charge in [0, 0.05) is 25.2 Å². The summed E-state index contributed by atoms with van der Waals surface area (Å²) in [6.07, 6.45) is 4.05. The Morgan fingerprint density at radius 2 is 1.76 bits per heavy atom. The molecule has 1 heterocycles. The molecule has 4 nitrogen and oxygen atoms in total. The predicted molar refractivity (Wildman–Crippen MR) is 89.4 cm³/mol. The molecular formula is C17H35N3O. The molecule has 1 aliphatic rings. The Kier molecular flexibility index (Phi) is 7.67. The van der Waals surface area contributed by atoms with E-state index in [0.29, 0.717) is 12.1 Å². The second-order valence-corrected chi connectivity index (χ2v) is 6.96. The van der Waals surface area contributed by atoms with Crippen LogP contribution < -0.4 is 10.6 Å².